The monoisotopic (exact) mass is 250 g/mol. The number of nitrogens with one attached hydrogen (secondary N) is 1. The van der Waals surface area contributed by atoms with Crippen molar-refractivity contribution in [3.05, 3.63) is 29.3 Å². The molecule has 0 fully saturated rings. The van der Waals surface area contributed by atoms with Crippen LogP contribution < -0.4 is 5.32 Å². The molecule has 2 aromatic rings. The SMILES string of the molecule is COCC(C)NC(C)c1cnc2ccsc2c1. The van der Waals surface area contributed by atoms with Crippen LogP contribution in [-0.2, 0) is 4.74 Å². The highest BCUT2D eigenvalue weighted by molar-refractivity contribution is 7.17. The van der Waals surface area contributed by atoms with E-state index in [2.05, 4.69) is 41.7 Å². The Labute approximate surface area is 106 Å². The number of fused-ring (bicyclic) bond motifs is 1. The summed E-state index contributed by atoms with van der Waals surface area (Å²) in [5.41, 5.74) is 2.30. The molecule has 0 aliphatic carbocycles. The van der Waals surface area contributed by atoms with Crippen LogP contribution in [-0.4, -0.2) is 24.7 Å². The summed E-state index contributed by atoms with van der Waals surface area (Å²) >= 11 is 1.73. The minimum Gasteiger partial charge on any atom is -0.383 e. The lowest BCUT2D eigenvalue weighted by Gasteiger charge is -2.19. The second kappa shape index (κ2) is 5.58. The van der Waals surface area contributed by atoms with Crippen molar-refractivity contribution in [2.45, 2.75) is 25.9 Å². The fraction of sp³-hybridized carbons (Fsp3) is 0.462. The summed E-state index contributed by atoms with van der Waals surface area (Å²) in [6.07, 6.45) is 1.95. The van der Waals surface area contributed by atoms with Gasteiger partial charge in [0.2, 0.25) is 0 Å². The molecule has 2 atom stereocenters. The smallest absolute Gasteiger partial charge is 0.0809 e. The molecule has 0 aromatic carbocycles. The summed E-state index contributed by atoms with van der Waals surface area (Å²) in [5, 5.41) is 5.57. The lowest BCUT2D eigenvalue weighted by atomic mass is 10.1. The van der Waals surface area contributed by atoms with Gasteiger partial charge in [-0.05, 0) is 36.9 Å². The van der Waals surface area contributed by atoms with Crippen LogP contribution in [0.25, 0.3) is 10.2 Å². The molecule has 0 aliphatic heterocycles. The third-order valence-corrected chi connectivity index (χ3v) is 3.63. The van der Waals surface area contributed by atoms with Crippen molar-refractivity contribution in [2.24, 2.45) is 0 Å². The predicted octanol–water partition coefficient (Wildman–Crippen LogP) is 2.98. The molecule has 0 amide bonds. The second-order valence-electron chi connectivity index (χ2n) is 4.32. The van der Waals surface area contributed by atoms with Gasteiger partial charge in [-0.15, -0.1) is 11.3 Å². The number of pyridine rings is 1. The normalized spacial score (nSPS) is 15.0. The van der Waals surface area contributed by atoms with Gasteiger partial charge in [0.25, 0.3) is 0 Å². The lowest BCUT2D eigenvalue weighted by molar-refractivity contribution is 0.167. The van der Waals surface area contributed by atoms with E-state index in [1.807, 2.05) is 6.20 Å². The van der Waals surface area contributed by atoms with Crippen LogP contribution in [0.1, 0.15) is 25.5 Å². The summed E-state index contributed by atoms with van der Waals surface area (Å²) in [6, 6.07) is 4.90. The van der Waals surface area contributed by atoms with Crippen LogP contribution in [0.2, 0.25) is 0 Å². The standard InChI is InChI=1S/C13H18N2OS/c1-9(8-16-3)15-10(2)11-6-13-12(14-7-11)4-5-17-13/h4-7,9-10,15H,8H2,1-3H3. The van der Waals surface area contributed by atoms with Crippen LogP contribution >= 0.6 is 11.3 Å². The number of methoxy groups -OCH3 is 1. The summed E-state index contributed by atoms with van der Waals surface area (Å²) in [5.74, 6) is 0. The van der Waals surface area contributed by atoms with E-state index in [9.17, 15) is 0 Å². The van der Waals surface area contributed by atoms with E-state index in [-0.39, 0.29) is 0 Å². The molecule has 0 saturated heterocycles. The third kappa shape index (κ3) is 3.03. The minimum atomic E-state index is 0.291. The van der Waals surface area contributed by atoms with Crippen molar-refractivity contribution in [3.63, 3.8) is 0 Å². The zero-order valence-electron chi connectivity index (χ0n) is 10.4. The highest BCUT2D eigenvalue weighted by Crippen LogP contribution is 2.22. The number of rotatable bonds is 5. The molecule has 1 N–H and O–H groups in total. The van der Waals surface area contributed by atoms with Crippen molar-refractivity contribution in [1.29, 1.82) is 0 Å². The topological polar surface area (TPSA) is 34.1 Å². The highest BCUT2D eigenvalue weighted by Gasteiger charge is 2.10. The Morgan fingerprint density at radius 1 is 1.47 bits per heavy atom. The molecule has 4 heteroatoms. The maximum atomic E-state index is 5.12. The van der Waals surface area contributed by atoms with Gasteiger partial charge in [0.05, 0.1) is 16.8 Å². The number of ether oxygens (including phenoxy) is 1. The number of nitrogens with zero attached hydrogens (tertiary/aromatic N) is 1. The number of hydrogen-bond acceptors (Lipinski definition) is 4. The molecular formula is C13H18N2OS. The summed E-state index contributed by atoms with van der Waals surface area (Å²) in [6.45, 7) is 5.00. The first kappa shape index (κ1) is 12.5. The van der Waals surface area contributed by atoms with Gasteiger partial charge >= 0.3 is 0 Å². The van der Waals surface area contributed by atoms with E-state index in [4.69, 9.17) is 4.74 Å². The van der Waals surface area contributed by atoms with E-state index >= 15 is 0 Å². The van der Waals surface area contributed by atoms with Gasteiger partial charge in [-0.2, -0.15) is 0 Å². The van der Waals surface area contributed by atoms with Crippen LogP contribution in [0.3, 0.4) is 0 Å². The van der Waals surface area contributed by atoms with E-state index in [1.54, 1.807) is 18.4 Å². The Hall–Kier alpha value is -0.970. The zero-order valence-corrected chi connectivity index (χ0v) is 11.3. The molecule has 2 heterocycles. The minimum absolute atomic E-state index is 0.291. The molecule has 0 radical (unpaired) electrons. The average molecular weight is 250 g/mol. The first-order valence-corrected chi connectivity index (χ1v) is 6.67. The van der Waals surface area contributed by atoms with Crippen molar-refractivity contribution in [3.8, 4) is 0 Å². The second-order valence-corrected chi connectivity index (χ2v) is 5.27. The largest absolute Gasteiger partial charge is 0.383 e. The van der Waals surface area contributed by atoms with Gasteiger partial charge < -0.3 is 10.1 Å². The Balaban J connectivity index is 2.09. The highest BCUT2D eigenvalue weighted by atomic mass is 32.1. The first-order valence-electron chi connectivity index (χ1n) is 5.79. The molecule has 0 spiro atoms. The number of aromatic nitrogens is 1. The molecule has 2 unspecified atom stereocenters. The van der Waals surface area contributed by atoms with Crippen LogP contribution in [0.5, 0.6) is 0 Å². The van der Waals surface area contributed by atoms with E-state index in [1.165, 1.54) is 10.3 Å². The Bertz CT molecular complexity index is 483. The number of hydrogen-bond donors (Lipinski definition) is 1. The Morgan fingerprint density at radius 3 is 3.06 bits per heavy atom. The van der Waals surface area contributed by atoms with E-state index < -0.39 is 0 Å². The Morgan fingerprint density at radius 2 is 2.29 bits per heavy atom. The van der Waals surface area contributed by atoms with Gasteiger partial charge in [-0.1, -0.05) is 0 Å². The molecule has 0 bridgehead atoms. The molecule has 2 aromatic heterocycles. The quantitative estimate of drug-likeness (QED) is 0.886. The van der Waals surface area contributed by atoms with Gasteiger partial charge in [0, 0.05) is 25.4 Å². The Kier molecular flexibility index (Phi) is 4.10. The molecular weight excluding hydrogens is 232 g/mol. The van der Waals surface area contributed by atoms with E-state index in [0.29, 0.717) is 12.1 Å². The molecule has 3 nitrogen and oxygen atoms in total. The molecule has 0 saturated carbocycles. The van der Waals surface area contributed by atoms with Gasteiger partial charge in [-0.3, -0.25) is 4.98 Å². The van der Waals surface area contributed by atoms with Crippen molar-refractivity contribution in [2.75, 3.05) is 13.7 Å². The predicted molar refractivity (Wildman–Crippen MR) is 72.5 cm³/mol. The van der Waals surface area contributed by atoms with E-state index in [0.717, 1.165) is 12.1 Å². The number of thiophene rings is 1. The van der Waals surface area contributed by atoms with Gasteiger partial charge in [0.15, 0.2) is 0 Å². The van der Waals surface area contributed by atoms with Crippen LogP contribution in [0.4, 0.5) is 0 Å². The summed E-state index contributed by atoms with van der Waals surface area (Å²) in [7, 11) is 1.72. The fourth-order valence-electron chi connectivity index (χ4n) is 1.92. The molecule has 0 aliphatic rings. The van der Waals surface area contributed by atoms with Gasteiger partial charge in [-0.25, -0.2) is 0 Å². The van der Waals surface area contributed by atoms with Crippen molar-refractivity contribution in [1.82, 2.24) is 10.3 Å². The summed E-state index contributed by atoms with van der Waals surface area (Å²) < 4.78 is 6.37. The fourth-order valence-corrected chi connectivity index (χ4v) is 2.71. The molecule has 17 heavy (non-hydrogen) atoms. The summed E-state index contributed by atoms with van der Waals surface area (Å²) in [4.78, 5) is 4.45. The van der Waals surface area contributed by atoms with Crippen LogP contribution in [0.15, 0.2) is 23.7 Å². The third-order valence-electron chi connectivity index (χ3n) is 2.78. The van der Waals surface area contributed by atoms with Crippen molar-refractivity contribution >= 4 is 21.6 Å². The van der Waals surface area contributed by atoms with Crippen LogP contribution in [0, 0.1) is 0 Å². The average Bonchev–Trinajstić information content (AvgIpc) is 2.75. The maximum Gasteiger partial charge on any atom is 0.0809 e. The first-order chi connectivity index (χ1) is 8.20. The molecule has 92 valence electrons. The molecule has 2 rings (SSSR count). The lowest BCUT2D eigenvalue weighted by Crippen LogP contribution is -2.32. The maximum absolute atomic E-state index is 5.12. The van der Waals surface area contributed by atoms with Gasteiger partial charge in [0.1, 0.15) is 0 Å². The zero-order chi connectivity index (χ0) is 12.3. The van der Waals surface area contributed by atoms with Crippen molar-refractivity contribution < 1.29 is 4.74 Å².